The molecule has 1 aromatic carbocycles. The van der Waals surface area contributed by atoms with Gasteiger partial charge in [-0.25, -0.2) is 0 Å². The van der Waals surface area contributed by atoms with Gasteiger partial charge in [0.2, 0.25) is 5.95 Å². The molecule has 3 aromatic rings. The van der Waals surface area contributed by atoms with Crippen molar-refractivity contribution in [3.8, 4) is 5.75 Å². The maximum absolute atomic E-state index is 6.19. The average Bonchev–Trinajstić information content (AvgIpc) is 3.48. The van der Waals surface area contributed by atoms with E-state index in [-0.39, 0.29) is 11.5 Å². The van der Waals surface area contributed by atoms with Gasteiger partial charge in [0.05, 0.1) is 5.41 Å². The first kappa shape index (κ1) is 19.6. The summed E-state index contributed by atoms with van der Waals surface area (Å²) in [6, 6.07) is 10.6. The number of pyridine rings is 1. The van der Waals surface area contributed by atoms with E-state index in [0.717, 1.165) is 50.5 Å². The Bertz CT molecular complexity index is 1020. The Hall–Kier alpha value is -2.31. The van der Waals surface area contributed by atoms with Crippen molar-refractivity contribution in [2.24, 2.45) is 7.05 Å². The summed E-state index contributed by atoms with van der Waals surface area (Å²) < 4.78 is 8.25. The molecule has 2 fully saturated rings. The van der Waals surface area contributed by atoms with E-state index in [0.29, 0.717) is 15.8 Å². The van der Waals surface area contributed by atoms with E-state index < -0.39 is 0 Å². The van der Waals surface area contributed by atoms with Gasteiger partial charge in [0.25, 0.3) is 0 Å². The molecular weight excluding hydrogens is 421 g/mol. The lowest BCUT2D eigenvalue weighted by atomic mass is 9.95. The molecule has 0 radical (unpaired) electrons. The third-order valence-electron chi connectivity index (χ3n) is 6.18. The third-order valence-corrected chi connectivity index (χ3v) is 6.71. The molecule has 0 N–H and O–H groups in total. The molecule has 1 aliphatic carbocycles. The fourth-order valence-corrected chi connectivity index (χ4v) is 4.84. The van der Waals surface area contributed by atoms with Crippen LogP contribution in [0.15, 0.2) is 42.7 Å². The zero-order valence-electron chi connectivity index (χ0n) is 16.8. The van der Waals surface area contributed by atoms with Gasteiger partial charge in [0.1, 0.15) is 22.0 Å². The van der Waals surface area contributed by atoms with Crippen LogP contribution in [-0.2, 0) is 12.5 Å². The van der Waals surface area contributed by atoms with Crippen molar-refractivity contribution in [2.45, 2.75) is 37.2 Å². The molecule has 5 rings (SSSR count). The highest BCUT2D eigenvalue weighted by atomic mass is 35.5. The maximum atomic E-state index is 6.19. The molecule has 0 atom stereocenters. The molecular formula is C22H23Cl2N5O. The van der Waals surface area contributed by atoms with E-state index in [4.69, 9.17) is 27.9 Å². The zero-order valence-corrected chi connectivity index (χ0v) is 18.3. The van der Waals surface area contributed by atoms with Crippen molar-refractivity contribution in [3.05, 3.63) is 64.2 Å². The first-order valence-electron chi connectivity index (χ1n) is 10.2. The van der Waals surface area contributed by atoms with Gasteiger partial charge in [-0.15, -0.1) is 10.2 Å². The molecule has 2 aromatic heterocycles. The summed E-state index contributed by atoms with van der Waals surface area (Å²) in [5.41, 5.74) is 1.34. The van der Waals surface area contributed by atoms with Gasteiger partial charge >= 0.3 is 0 Å². The summed E-state index contributed by atoms with van der Waals surface area (Å²) in [5.74, 6) is 2.49. The van der Waals surface area contributed by atoms with E-state index >= 15 is 0 Å². The maximum Gasteiger partial charge on any atom is 0.226 e. The van der Waals surface area contributed by atoms with Crippen LogP contribution in [-0.4, -0.2) is 38.9 Å². The summed E-state index contributed by atoms with van der Waals surface area (Å²) in [5, 5.41) is 10.1. The van der Waals surface area contributed by atoms with Crippen molar-refractivity contribution < 1.29 is 4.74 Å². The minimum Gasteiger partial charge on any atom is -0.487 e. The molecule has 1 aliphatic heterocycles. The molecule has 1 saturated heterocycles. The van der Waals surface area contributed by atoms with Crippen molar-refractivity contribution >= 4 is 29.2 Å². The predicted octanol–water partition coefficient (Wildman–Crippen LogP) is 4.64. The van der Waals surface area contributed by atoms with Gasteiger partial charge < -0.3 is 9.64 Å². The highest BCUT2D eigenvalue weighted by Gasteiger charge is 2.50. The topological polar surface area (TPSA) is 56.1 Å². The second-order valence-corrected chi connectivity index (χ2v) is 8.88. The van der Waals surface area contributed by atoms with Gasteiger partial charge in [-0.05, 0) is 18.4 Å². The van der Waals surface area contributed by atoms with E-state index in [2.05, 4.69) is 62.0 Å². The molecule has 30 heavy (non-hydrogen) atoms. The van der Waals surface area contributed by atoms with Crippen LogP contribution in [0.4, 0.5) is 5.95 Å². The minimum atomic E-state index is 0.0114. The number of piperidine rings is 1. The lowest BCUT2D eigenvalue weighted by Gasteiger charge is -2.33. The highest BCUT2D eigenvalue weighted by molar-refractivity contribution is 6.36. The van der Waals surface area contributed by atoms with Gasteiger partial charge in [0.15, 0.2) is 5.75 Å². The lowest BCUT2D eigenvalue weighted by Crippen LogP contribution is -2.39. The number of hydrogen-bond acceptors (Lipinski definition) is 5. The molecule has 3 heterocycles. The SMILES string of the molecule is Cn1c(N2CCC(Oc3c(Cl)cncc3Cl)CC2)nnc1C1(c2ccccc2)CC1. The van der Waals surface area contributed by atoms with Gasteiger partial charge in [0, 0.05) is 45.4 Å². The van der Waals surface area contributed by atoms with Crippen LogP contribution in [0, 0.1) is 0 Å². The molecule has 0 spiro atoms. The number of halogens is 2. The number of hydrogen-bond donors (Lipinski definition) is 0. The number of benzene rings is 1. The summed E-state index contributed by atoms with van der Waals surface area (Å²) in [6.45, 7) is 1.69. The first-order valence-corrected chi connectivity index (χ1v) is 11.0. The third kappa shape index (κ3) is 3.42. The fourth-order valence-electron chi connectivity index (χ4n) is 4.39. The molecule has 1 saturated carbocycles. The summed E-state index contributed by atoms with van der Waals surface area (Å²) in [4.78, 5) is 6.26. The zero-order chi connectivity index (χ0) is 20.7. The normalized spacial score (nSPS) is 18.4. The predicted molar refractivity (Wildman–Crippen MR) is 118 cm³/mol. The molecule has 8 heteroatoms. The molecule has 0 bridgehead atoms. The average molecular weight is 444 g/mol. The quantitative estimate of drug-likeness (QED) is 0.574. The summed E-state index contributed by atoms with van der Waals surface area (Å²) >= 11 is 12.4. The summed E-state index contributed by atoms with van der Waals surface area (Å²) in [7, 11) is 2.08. The standard InChI is InChI=1S/C22H23Cl2N5O/c1-28-20(22(9-10-22)15-5-3-2-4-6-15)26-27-21(28)29-11-7-16(8-12-29)30-19-17(23)13-25-14-18(19)24/h2-6,13-14,16H,7-12H2,1H3. The van der Waals surface area contributed by atoms with Crippen LogP contribution in [0.5, 0.6) is 5.75 Å². The van der Waals surface area contributed by atoms with Crippen molar-refractivity contribution in [3.63, 3.8) is 0 Å². The Labute approximate surface area is 185 Å². The number of aromatic nitrogens is 4. The Morgan fingerprint density at radius 3 is 2.30 bits per heavy atom. The van der Waals surface area contributed by atoms with E-state index in [1.165, 1.54) is 5.56 Å². The lowest BCUT2D eigenvalue weighted by molar-refractivity contribution is 0.170. The molecule has 0 amide bonds. The van der Waals surface area contributed by atoms with Crippen LogP contribution >= 0.6 is 23.2 Å². The Morgan fingerprint density at radius 1 is 1.00 bits per heavy atom. The molecule has 6 nitrogen and oxygen atoms in total. The number of nitrogens with zero attached hydrogens (tertiary/aromatic N) is 5. The fraction of sp³-hybridized carbons (Fsp3) is 0.409. The highest BCUT2D eigenvalue weighted by Crippen LogP contribution is 2.53. The van der Waals surface area contributed by atoms with Crippen LogP contribution in [0.25, 0.3) is 0 Å². The Kier molecular flexibility index (Phi) is 5.07. The summed E-state index contributed by atoms with van der Waals surface area (Å²) in [6.07, 6.45) is 7.13. The van der Waals surface area contributed by atoms with Crippen molar-refractivity contribution in [2.75, 3.05) is 18.0 Å². The Morgan fingerprint density at radius 2 is 1.67 bits per heavy atom. The minimum absolute atomic E-state index is 0.0114. The van der Waals surface area contributed by atoms with Crippen molar-refractivity contribution in [1.29, 1.82) is 0 Å². The number of anilines is 1. The van der Waals surface area contributed by atoms with Gasteiger partial charge in [-0.2, -0.15) is 0 Å². The number of rotatable bonds is 5. The van der Waals surface area contributed by atoms with Crippen molar-refractivity contribution in [1.82, 2.24) is 19.7 Å². The monoisotopic (exact) mass is 443 g/mol. The van der Waals surface area contributed by atoms with Crippen LogP contribution < -0.4 is 9.64 Å². The smallest absolute Gasteiger partial charge is 0.226 e. The molecule has 0 unspecified atom stereocenters. The van der Waals surface area contributed by atoms with Crippen LogP contribution in [0.2, 0.25) is 10.0 Å². The molecule has 156 valence electrons. The van der Waals surface area contributed by atoms with E-state index in [9.17, 15) is 0 Å². The molecule has 2 aliphatic rings. The second-order valence-electron chi connectivity index (χ2n) is 8.07. The largest absolute Gasteiger partial charge is 0.487 e. The first-order chi connectivity index (χ1) is 14.6. The van der Waals surface area contributed by atoms with E-state index in [1.807, 2.05) is 0 Å². The van der Waals surface area contributed by atoms with Crippen LogP contribution in [0.3, 0.4) is 0 Å². The second kappa shape index (κ2) is 7.75. The van der Waals surface area contributed by atoms with Crippen LogP contribution in [0.1, 0.15) is 37.1 Å². The number of ether oxygens (including phenoxy) is 1. The van der Waals surface area contributed by atoms with Gasteiger partial charge in [-0.1, -0.05) is 53.5 Å². The Balaban J connectivity index is 1.29. The van der Waals surface area contributed by atoms with E-state index in [1.54, 1.807) is 12.4 Å². The van der Waals surface area contributed by atoms with Gasteiger partial charge in [-0.3, -0.25) is 9.55 Å².